The van der Waals surface area contributed by atoms with Gasteiger partial charge in [-0.3, -0.25) is 0 Å². The minimum Gasteiger partial charge on any atom is -0.478 e. The summed E-state index contributed by atoms with van der Waals surface area (Å²) in [5.74, 6) is -1.11. The molecule has 0 bridgehead atoms. The van der Waals surface area contributed by atoms with Gasteiger partial charge in [0.15, 0.2) is 0 Å². The van der Waals surface area contributed by atoms with Crippen LogP contribution in [0.1, 0.15) is 16.1 Å². The van der Waals surface area contributed by atoms with Crippen molar-refractivity contribution in [2.75, 3.05) is 0 Å². The summed E-state index contributed by atoms with van der Waals surface area (Å²) in [6.07, 6.45) is 0. The van der Waals surface area contributed by atoms with Crippen molar-refractivity contribution in [2.45, 2.75) is 16.8 Å². The fourth-order valence-electron chi connectivity index (χ4n) is 2.38. The van der Waals surface area contributed by atoms with E-state index in [0.29, 0.717) is 10.7 Å². The Bertz CT molecular complexity index is 1130. The van der Waals surface area contributed by atoms with E-state index in [-0.39, 0.29) is 26.2 Å². The van der Waals surface area contributed by atoms with E-state index in [1.54, 1.807) is 6.07 Å². The standard InChI is InChI=1S/C16H11Cl2N3O4S/c1-9-15(26(24,25)14-6-5-11(17)8-13(14)18)19-20-21(9)12-4-2-3-10(7-12)16(22)23/h2-8H,1H3,(H,22,23). The number of carbonyl (C=O) groups is 1. The minimum atomic E-state index is -4.03. The number of hydrogen-bond acceptors (Lipinski definition) is 5. The third-order valence-corrected chi connectivity index (χ3v) is 6.11. The van der Waals surface area contributed by atoms with Gasteiger partial charge in [-0.1, -0.05) is 34.5 Å². The summed E-state index contributed by atoms with van der Waals surface area (Å²) in [5, 5.41) is 16.7. The maximum absolute atomic E-state index is 12.9. The molecule has 26 heavy (non-hydrogen) atoms. The lowest BCUT2D eigenvalue weighted by molar-refractivity contribution is 0.0697. The van der Waals surface area contributed by atoms with Crippen LogP contribution in [0.5, 0.6) is 0 Å². The highest BCUT2D eigenvalue weighted by atomic mass is 35.5. The van der Waals surface area contributed by atoms with Gasteiger partial charge >= 0.3 is 5.97 Å². The molecule has 0 atom stereocenters. The van der Waals surface area contributed by atoms with Gasteiger partial charge in [-0.2, -0.15) is 0 Å². The molecule has 0 aliphatic rings. The second kappa shape index (κ2) is 6.71. The predicted octanol–water partition coefficient (Wildman–Crippen LogP) is 3.41. The van der Waals surface area contributed by atoms with Gasteiger partial charge in [0, 0.05) is 5.02 Å². The highest BCUT2D eigenvalue weighted by molar-refractivity contribution is 7.91. The van der Waals surface area contributed by atoms with E-state index < -0.39 is 15.8 Å². The fourth-order valence-corrected chi connectivity index (χ4v) is 4.48. The summed E-state index contributed by atoms with van der Waals surface area (Å²) in [4.78, 5) is 11.0. The summed E-state index contributed by atoms with van der Waals surface area (Å²) in [6.45, 7) is 1.52. The van der Waals surface area contributed by atoms with Gasteiger partial charge in [0.1, 0.15) is 0 Å². The second-order valence-electron chi connectivity index (χ2n) is 5.33. The first-order chi connectivity index (χ1) is 12.2. The maximum atomic E-state index is 12.9. The Balaban J connectivity index is 2.12. The summed E-state index contributed by atoms with van der Waals surface area (Å²) in [5.41, 5.74) is 0.639. The number of aromatic carboxylic acids is 1. The first-order valence-corrected chi connectivity index (χ1v) is 9.42. The molecule has 0 fully saturated rings. The van der Waals surface area contributed by atoms with Gasteiger partial charge < -0.3 is 5.11 Å². The van der Waals surface area contributed by atoms with Crippen molar-refractivity contribution >= 4 is 39.0 Å². The topological polar surface area (TPSA) is 102 Å². The highest BCUT2D eigenvalue weighted by Gasteiger charge is 2.28. The zero-order valence-electron chi connectivity index (χ0n) is 13.2. The van der Waals surface area contributed by atoms with E-state index >= 15 is 0 Å². The lowest BCUT2D eigenvalue weighted by Gasteiger charge is -2.07. The van der Waals surface area contributed by atoms with Crippen LogP contribution in [0.15, 0.2) is 52.4 Å². The van der Waals surface area contributed by atoms with Crippen molar-refractivity contribution in [3.8, 4) is 5.69 Å². The number of carboxylic acids is 1. The Hall–Kier alpha value is -2.42. The van der Waals surface area contributed by atoms with Crippen molar-refractivity contribution in [2.24, 2.45) is 0 Å². The molecule has 0 saturated heterocycles. The zero-order chi connectivity index (χ0) is 19.1. The Morgan fingerprint density at radius 1 is 1.15 bits per heavy atom. The summed E-state index contributed by atoms with van der Waals surface area (Å²) in [6, 6.07) is 9.95. The van der Waals surface area contributed by atoms with Crippen molar-refractivity contribution in [1.29, 1.82) is 0 Å². The van der Waals surface area contributed by atoms with E-state index in [2.05, 4.69) is 10.3 Å². The zero-order valence-corrected chi connectivity index (χ0v) is 15.5. The first kappa shape index (κ1) is 18.4. The van der Waals surface area contributed by atoms with Crippen LogP contribution in [-0.4, -0.2) is 34.5 Å². The van der Waals surface area contributed by atoms with Crippen molar-refractivity contribution in [1.82, 2.24) is 15.0 Å². The average molecular weight is 412 g/mol. The quantitative estimate of drug-likeness (QED) is 0.705. The number of benzene rings is 2. The van der Waals surface area contributed by atoms with Crippen LogP contribution in [0.2, 0.25) is 10.0 Å². The third kappa shape index (κ3) is 3.18. The Morgan fingerprint density at radius 2 is 1.88 bits per heavy atom. The number of rotatable bonds is 4. The van der Waals surface area contributed by atoms with Crippen molar-refractivity contribution in [3.63, 3.8) is 0 Å². The molecule has 2 aromatic carbocycles. The molecule has 7 nitrogen and oxygen atoms in total. The summed E-state index contributed by atoms with van der Waals surface area (Å²) >= 11 is 11.8. The van der Waals surface area contributed by atoms with Gasteiger partial charge in [-0.25, -0.2) is 17.9 Å². The fraction of sp³-hybridized carbons (Fsp3) is 0.0625. The smallest absolute Gasteiger partial charge is 0.335 e. The number of hydrogen-bond donors (Lipinski definition) is 1. The van der Waals surface area contributed by atoms with E-state index in [1.807, 2.05) is 0 Å². The van der Waals surface area contributed by atoms with Gasteiger partial charge in [0.2, 0.25) is 14.9 Å². The van der Waals surface area contributed by atoms with Crippen LogP contribution in [0.3, 0.4) is 0 Å². The number of carboxylic acid groups (broad SMARTS) is 1. The summed E-state index contributed by atoms with van der Waals surface area (Å²) < 4.78 is 27.0. The van der Waals surface area contributed by atoms with Crippen LogP contribution >= 0.6 is 23.2 Å². The molecule has 1 N–H and O–H groups in total. The molecule has 1 heterocycles. The second-order valence-corrected chi connectivity index (χ2v) is 8.00. The lowest BCUT2D eigenvalue weighted by atomic mass is 10.2. The Kier molecular flexibility index (Phi) is 4.74. The molecule has 0 aliphatic carbocycles. The minimum absolute atomic E-state index is 0.0284. The molecule has 3 aromatic rings. The number of nitrogens with zero attached hydrogens (tertiary/aromatic N) is 3. The molecule has 0 unspecified atom stereocenters. The maximum Gasteiger partial charge on any atom is 0.335 e. The molecule has 10 heteroatoms. The highest BCUT2D eigenvalue weighted by Crippen LogP contribution is 2.30. The molecule has 0 aliphatic heterocycles. The van der Waals surface area contributed by atoms with E-state index in [1.165, 1.54) is 48.0 Å². The molecule has 0 radical (unpaired) electrons. The summed E-state index contributed by atoms with van der Waals surface area (Å²) in [7, 11) is -4.03. The molecule has 0 spiro atoms. The van der Waals surface area contributed by atoms with E-state index in [4.69, 9.17) is 28.3 Å². The van der Waals surface area contributed by atoms with Crippen LogP contribution < -0.4 is 0 Å². The van der Waals surface area contributed by atoms with Gasteiger partial charge in [-0.05, 0) is 43.3 Å². The molecule has 1 aromatic heterocycles. The van der Waals surface area contributed by atoms with E-state index in [9.17, 15) is 13.2 Å². The molecular formula is C16H11Cl2N3O4S. The van der Waals surface area contributed by atoms with Crippen LogP contribution in [-0.2, 0) is 9.84 Å². The SMILES string of the molecule is Cc1c(S(=O)(=O)c2ccc(Cl)cc2Cl)nnn1-c1cccc(C(=O)O)c1. The average Bonchev–Trinajstić information content (AvgIpc) is 2.97. The number of sulfone groups is 1. The van der Waals surface area contributed by atoms with Crippen molar-refractivity contribution in [3.05, 3.63) is 63.8 Å². The molecule has 0 saturated carbocycles. The largest absolute Gasteiger partial charge is 0.478 e. The third-order valence-electron chi connectivity index (χ3n) is 3.63. The number of aromatic nitrogens is 3. The molecule has 134 valence electrons. The van der Waals surface area contributed by atoms with Gasteiger partial charge in [0.05, 0.1) is 26.9 Å². The monoisotopic (exact) mass is 411 g/mol. The van der Waals surface area contributed by atoms with Gasteiger partial charge in [-0.15, -0.1) is 5.10 Å². The van der Waals surface area contributed by atoms with Crippen molar-refractivity contribution < 1.29 is 18.3 Å². The lowest BCUT2D eigenvalue weighted by Crippen LogP contribution is -2.07. The molecule has 3 rings (SSSR count). The molecular weight excluding hydrogens is 401 g/mol. The number of halogens is 2. The van der Waals surface area contributed by atoms with E-state index in [0.717, 1.165) is 0 Å². The Morgan fingerprint density at radius 3 is 2.54 bits per heavy atom. The molecule has 0 amide bonds. The van der Waals surface area contributed by atoms with Crippen LogP contribution in [0.4, 0.5) is 0 Å². The predicted molar refractivity (Wildman–Crippen MR) is 95.0 cm³/mol. The Labute approximate surface area is 158 Å². The van der Waals surface area contributed by atoms with Gasteiger partial charge in [0.25, 0.3) is 0 Å². The van der Waals surface area contributed by atoms with Crippen LogP contribution in [0, 0.1) is 6.92 Å². The normalized spacial score (nSPS) is 11.5. The first-order valence-electron chi connectivity index (χ1n) is 7.18. The van der Waals surface area contributed by atoms with Crippen LogP contribution in [0.25, 0.3) is 5.69 Å².